The van der Waals surface area contributed by atoms with E-state index in [9.17, 15) is 0 Å². The smallest absolute Gasteiger partial charge is 0.208 e. The number of rotatable bonds is 2. The SMILES string of the molecule is Cc1ccc(-c2cnc(CN)o2)c(Br)c1. The van der Waals surface area contributed by atoms with Crippen LogP contribution < -0.4 is 5.73 Å². The number of halogens is 1. The van der Waals surface area contributed by atoms with Crippen LogP contribution in [-0.2, 0) is 6.54 Å². The van der Waals surface area contributed by atoms with Crippen LogP contribution in [0, 0.1) is 6.92 Å². The maximum atomic E-state index is 5.47. The molecule has 1 aromatic carbocycles. The van der Waals surface area contributed by atoms with Gasteiger partial charge in [-0.05, 0) is 24.6 Å². The molecule has 0 saturated heterocycles. The molecule has 78 valence electrons. The van der Waals surface area contributed by atoms with Crippen molar-refractivity contribution in [2.24, 2.45) is 5.73 Å². The minimum Gasteiger partial charge on any atom is -0.439 e. The van der Waals surface area contributed by atoms with Crippen LogP contribution in [0.1, 0.15) is 11.5 Å². The largest absolute Gasteiger partial charge is 0.439 e. The molecule has 0 aliphatic rings. The van der Waals surface area contributed by atoms with Gasteiger partial charge in [-0.15, -0.1) is 0 Å². The molecule has 0 bridgehead atoms. The third-order valence-electron chi connectivity index (χ3n) is 2.12. The van der Waals surface area contributed by atoms with Gasteiger partial charge in [0.1, 0.15) is 0 Å². The Morgan fingerprint density at radius 2 is 2.27 bits per heavy atom. The zero-order valence-corrected chi connectivity index (χ0v) is 9.91. The van der Waals surface area contributed by atoms with E-state index in [0.717, 1.165) is 15.8 Å². The molecule has 0 atom stereocenters. The van der Waals surface area contributed by atoms with Crippen LogP contribution in [0.2, 0.25) is 0 Å². The van der Waals surface area contributed by atoms with E-state index >= 15 is 0 Å². The summed E-state index contributed by atoms with van der Waals surface area (Å²) in [5, 5.41) is 0. The number of hydrogen-bond acceptors (Lipinski definition) is 3. The molecule has 0 spiro atoms. The normalized spacial score (nSPS) is 10.6. The molecule has 2 aromatic rings. The van der Waals surface area contributed by atoms with Gasteiger partial charge in [0, 0.05) is 10.0 Å². The Kier molecular flexibility index (Phi) is 2.88. The number of oxazole rings is 1. The molecule has 0 fully saturated rings. The summed E-state index contributed by atoms with van der Waals surface area (Å²) >= 11 is 3.50. The Balaban J connectivity index is 2.44. The fourth-order valence-corrected chi connectivity index (χ4v) is 2.04. The molecule has 2 N–H and O–H groups in total. The minimum absolute atomic E-state index is 0.323. The van der Waals surface area contributed by atoms with Crippen LogP contribution >= 0.6 is 15.9 Å². The van der Waals surface area contributed by atoms with Gasteiger partial charge in [-0.1, -0.05) is 22.0 Å². The van der Waals surface area contributed by atoms with Crippen LogP contribution in [0.4, 0.5) is 0 Å². The van der Waals surface area contributed by atoms with E-state index in [2.05, 4.69) is 20.9 Å². The molecule has 1 aromatic heterocycles. The van der Waals surface area contributed by atoms with E-state index < -0.39 is 0 Å². The summed E-state index contributed by atoms with van der Waals surface area (Å²) in [4.78, 5) is 4.06. The summed E-state index contributed by atoms with van der Waals surface area (Å²) in [5.74, 6) is 1.29. The minimum atomic E-state index is 0.323. The fourth-order valence-electron chi connectivity index (χ4n) is 1.35. The lowest BCUT2D eigenvalue weighted by Crippen LogP contribution is -1.94. The van der Waals surface area contributed by atoms with Crippen molar-refractivity contribution in [3.8, 4) is 11.3 Å². The van der Waals surface area contributed by atoms with Crippen LogP contribution in [0.5, 0.6) is 0 Å². The first kappa shape index (κ1) is 10.4. The van der Waals surface area contributed by atoms with Crippen molar-refractivity contribution in [2.75, 3.05) is 0 Å². The molecule has 0 aliphatic carbocycles. The second-order valence-corrected chi connectivity index (χ2v) is 4.16. The van der Waals surface area contributed by atoms with Crippen molar-refractivity contribution in [3.05, 3.63) is 40.3 Å². The monoisotopic (exact) mass is 266 g/mol. The first-order valence-corrected chi connectivity index (χ1v) is 5.41. The van der Waals surface area contributed by atoms with Gasteiger partial charge < -0.3 is 10.2 Å². The van der Waals surface area contributed by atoms with Crippen molar-refractivity contribution in [1.82, 2.24) is 4.98 Å². The number of benzene rings is 1. The van der Waals surface area contributed by atoms with Crippen LogP contribution in [-0.4, -0.2) is 4.98 Å². The van der Waals surface area contributed by atoms with E-state index in [1.807, 2.05) is 25.1 Å². The van der Waals surface area contributed by atoms with E-state index in [0.29, 0.717) is 12.4 Å². The summed E-state index contributed by atoms with van der Waals surface area (Å²) in [5.41, 5.74) is 7.63. The topological polar surface area (TPSA) is 52.0 Å². The van der Waals surface area contributed by atoms with Crippen molar-refractivity contribution in [1.29, 1.82) is 0 Å². The average Bonchev–Trinajstić information content (AvgIpc) is 2.66. The van der Waals surface area contributed by atoms with Crippen LogP contribution in [0.25, 0.3) is 11.3 Å². The van der Waals surface area contributed by atoms with Gasteiger partial charge in [-0.3, -0.25) is 0 Å². The lowest BCUT2D eigenvalue weighted by molar-refractivity contribution is 0.509. The highest BCUT2D eigenvalue weighted by Gasteiger charge is 2.08. The summed E-state index contributed by atoms with van der Waals surface area (Å²) in [7, 11) is 0. The Morgan fingerprint density at radius 3 is 2.87 bits per heavy atom. The maximum absolute atomic E-state index is 5.47. The summed E-state index contributed by atoms with van der Waals surface area (Å²) in [6, 6.07) is 6.07. The molecule has 0 radical (unpaired) electrons. The predicted molar refractivity (Wildman–Crippen MR) is 62.3 cm³/mol. The van der Waals surface area contributed by atoms with E-state index in [1.165, 1.54) is 5.56 Å². The van der Waals surface area contributed by atoms with Gasteiger partial charge in [-0.2, -0.15) is 0 Å². The molecule has 0 unspecified atom stereocenters. The highest BCUT2D eigenvalue weighted by Crippen LogP contribution is 2.29. The molecule has 3 nitrogen and oxygen atoms in total. The second kappa shape index (κ2) is 4.16. The van der Waals surface area contributed by atoms with E-state index in [4.69, 9.17) is 10.2 Å². The Morgan fingerprint density at radius 1 is 1.47 bits per heavy atom. The Bertz CT molecular complexity index is 479. The molecule has 15 heavy (non-hydrogen) atoms. The molecule has 0 aliphatic heterocycles. The van der Waals surface area contributed by atoms with E-state index in [-0.39, 0.29) is 0 Å². The van der Waals surface area contributed by atoms with Gasteiger partial charge in [-0.25, -0.2) is 4.98 Å². The zero-order chi connectivity index (χ0) is 10.8. The Hall–Kier alpha value is -1.13. The van der Waals surface area contributed by atoms with Crippen molar-refractivity contribution >= 4 is 15.9 Å². The predicted octanol–water partition coefficient (Wildman–Crippen LogP) is 2.87. The van der Waals surface area contributed by atoms with Gasteiger partial charge in [0.2, 0.25) is 5.89 Å². The number of nitrogens with two attached hydrogens (primary N) is 1. The third kappa shape index (κ3) is 2.11. The molecule has 0 saturated carbocycles. The molecule has 1 heterocycles. The lowest BCUT2D eigenvalue weighted by atomic mass is 10.1. The molecule has 4 heteroatoms. The summed E-state index contributed by atoms with van der Waals surface area (Å²) < 4.78 is 6.48. The number of aromatic nitrogens is 1. The van der Waals surface area contributed by atoms with Crippen molar-refractivity contribution in [2.45, 2.75) is 13.5 Å². The van der Waals surface area contributed by atoms with E-state index in [1.54, 1.807) is 6.20 Å². The highest BCUT2D eigenvalue weighted by molar-refractivity contribution is 9.10. The average molecular weight is 267 g/mol. The number of hydrogen-bond donors (Lipinski definition) is 1. The molecular weight excluding hydrogens is 256 g/mol. The first-order valence-electron chi connectivity index (χ1n) is 4.62. The maximum Gasteiger partial charge on any atom is 0.208 e. The molecule has 2 rings (SSSR count). The molecular formula is C11H11BrN2O. The standard InChI is InChI=1S/C11H11BrN2O/c1-7-2-3-8(9(12)4-7)10-6-14-11(5-13)15-10/h2-4,6H,5,13H2,1H3. The lowest BCUT2D eigenvalue weighted by Gasteiger charge is -2.01. The van der Waals surface area contributed by atoms with Gasteiger partial charge in [0.15, 0.2) is 5.76 Å². The van der Waals surface area contributed by atoms with Crippen molar-refractivity contribution < 1.29 is 4.42 Å². The Labute approximate surface area is 96.4 Å². The third-order valence-corrected chi connectivity index (χ3v) is 2.77. The van der Waals surface area contributed by atoms with Gasteiger partial charge >= 0.3 is 0 Å². The van der Waals surface area contributed by atoms with Crippen molar-refractivity contribution in [3.63, 3.8) is 0 Å². The highest BCUT2D eigenvalue weighted by atomic mass is 79.9. The number of nitrogens with zero attached hydrogens (tertiary/aromatic N) is 1. The quantitative estimate of drug-likeness (QED) is 0.910. The van der Waals surface area contributed by atoms with Gasteiger partial charge in [0.25, 0.3) is 0 Å². The second-order valence-electron chi connectivity index (χ2n) is 3.31. The zero-order valence-electron chi connectivity index (χ0n) is 8.33. The number of aryl methyl sites for hydroxylation is 1. The fraction of sp³-hybridized carbons (Fsp3) is 0.182. The molecule has 0 amide bonds. The van der Waals surface area contributed by atoms with Gasteiger partial charge in [0.05, 0.1) is 12.7 Å². The first-order chi connectivity index (χ1) is 7.20. The summed E-state index contributed by atoms with van der Waals surface area (Å²) in [6.45, 7) is 2.36. The van der Waals surface area contributed by atoms with Crippen LogP contribution in [0.3, 0.4) is 0 Å². The van der Waals surface area contributed by atoms with Crippen LogP contribution in [0.15, 0.2) is 33.3 Å². The summed E-state index contributed by atoms with van der Waals surface area (Å²) in [6.07, 6.45) is 1.69.